The molecule has 2 saturated heterocycles. The number of hydrogen-bond acceptors (Lipinski definition) is 5. The van der Waals surface area contributed by atoms with E-state index in [4.69, 9.17) is 0 Å². The van der Waals surface area contributed by atoms with Crippen LogP contribution in [0.25, 0.3) is 0 Å². The molecule has 1 aromatic carbocycles. The molecular formula is C19H29N3O3S. The van der Waals surface area contributed by atoms with Gasteiger partial charge in [-0.15, -0.1) is 0 Å². The molecule has 0 bridgehead atoms. The van der Waals surface area contributed by atoms with Crippen molar-refractivity contribution >= 4 is 27.1 Å². The topological polar surface area (TPSA) is 69.7 Å². The lowest BCUT2D eigenvalue weighted by atomic mass is 9.99. The number of benzene rings is 1. The van der Waals surface area contributed by atoms with Gasteiger partial charge in [0.1, 0.15) is 0 Å². The van der Waals surface area contributed by atoms with Crippen molar-refractivity contribution in [3.05, 3.63) is 24.3 Å². The third-order valence-electron chi connectivity index (χ3n) is 5.52. The van der Waals surface area contributed by atoms with Crippen molar-refractivity contribution in [2.24, 2.45) is 5.92 Å². The van der Waals surface area contributed by atoms with Crippen LogP contribution < -0.4 is 10.2 Å². The lowest BCUT2D eigenvalue weighted by Crippen LogP contribution is -2.38. The maximum Gasteiger partial charge on any atom is 0.238 e. The summed E-state index contributed by atoms with van der Waals surface area (Å²) in [6.45, 7) is 4.67. The van der Waals surface area contributed by atoms with Crippen molar-refractivity contribution in [1.29, 1.82) is 0 Å². The molecule has 0 spiro atoms. The van der Waals surface area contributed by atoms with Gasteiger partial charge < -0.3 is 10.2 Å². The Kier molecular flexibility index (Phi) is 5.87. The van der Waals surface area contributed by atoms with E-state index >= 15 is 0 Å². The van der Waals surface area contributed by atoms with Crippen LogP contribution in [-0.2, 0) is 14.6 Å². The summed E-state index contributed by atoms with van der Waals surface area (Å²) in [6.07, 6.45) is 3.05. The Morgan fingerprint density at radius 1 is 1.19 bits per heavy atom. The van der Waals surface area contributed by atoms with E-state index in [9.17, 15) is 13.2 Å². The van der Waals surface area contributed by atoms with Crippen LogP contribution in [0.2, 0.25) is 0 Å². The normalized spacial score (nSPS) is 23.3. The monoisotopic (exact) mass is 379 g/mol. The Morgan fingerprint density at radius 2 is 1.85 bits per heavy atom. The molecule has 1 unspecified atom stereocenters. The van der Waals surface area contributed by atoms with Crippen molar-refractivity contribution < 1.29 is 13.2 Å². The van der Waals surface area contributed by atoms with E-state index in [0.717, 1.165) is 24.7 Å². The van der Waals surface area contributed by atoms with Crippen LogP contribution in [0.5, 0.6) is 0 Å². The highest BCUT2D eigenvalue weighted by atomic mass is 32.2. The molecule has 6 nitrogen and oxygen atoms in total. The number of carbonyl (C=O) groups is 1. The molecule has 1 atom stereocenters. The Hall–Kier alpha value is -1.60. The molecular weight excluding hydrogens is 350 g/mol. The zero-order chi connectivity index (χ0) is 18.7. The van der Waals surface area contributed by atoms with E-state index < -0.39 is 9.84 Å². The molecule has 0 aliphatic carbocycles. The van der Waals surface area contributed by atoms with Crippen LogP contribution in [0.3, 0.4) is 0 Å². The number of rotatable bonds is 5. The number of amides is 1. The molecule has 2 aliphatic rings. The molecule has 0 aromatic heterocycles. The summed E-state index contributed by atoms with van der Waals surface area (Å²) in [5, 5.41) is 2.91. The fourth-order valence-electron chi connectivity index (χ4n) is 3.70. The van der Waals surface area contributed by atoms with Gasteiger partial charge in [0.15, 0.2) is 9.84 Å². The van der Waals surface area contributed by atoms with E-state index in [1.807, 2.05) is 24.1 Å². The predicted octanol–water partition coefficient (Wildman–Crippen LogP) is 1.98. The highest BCUT2D eigenvalue weighted by molar-refractivity contribution is 7.91. The van der Waals surface area contributed by atoms with E-state index in [0.29, 0.717) is 6.42 Å². The Balaban J connectivity index is 1.50. The van der Waals surface area contributed by atoms with E-state index in [1.54, 1.807) is 0 Å². The van der Waals surface area contributed by atoms with E-state index in [2.05, 4.69) is 29.3 Å². The molecule has 0 saturated carbocycles. The van der Waals surface area contributed by atoms with Gasteiger partial charge in [-0.3, -0.25) is 9.69 Å². The van der Waals surface area contributed by atoms with Crippen LogP contribution in [0.4, 0.5) is 11.4 Å². The first-order chi connectivity index (χ1) is 12.3. The minimum absolute atomic E-state index is 0.0605. The zero-order valence-corrected chi connectivity index (χ0v) is 16.5. The van der Waals surface area contributed by atoms with Crippen molar-refractivity contribution in [2.75, 3.05) is 48.4 Å². The number of hydrogen-bond donors (Lipinski definition) is 1. The van der Waals surface area contributed by atoms with Crippen LogP contribution >= 0.6 is 0 Å². The first-order valence-corrected chi connectivity index (χ1v) is 11.2. The molecule has 26 heavy (non-hydrogen) atoms. The standard InChI is InChI=1S/C19H29N3O3S/c1-15-7-10-22(11-8-15)17-5-3-16(4-6-17)20-19(23)13-21(2)18-9-12-26(24,25)14-18/h3-6,15,18H,7-14H2,1-2H3,(H,20,23). The second kappa shape index (κ2) is 7.96. The Bertz CT molecular complexity index is 725. The molecule has 1 amide bonds. The fourth-order valence-corrected chi connectivity index (χ4v) is 5.51. The zero-order valence-electron chi connectivity index (χ0n) is 15.6. The molecule has 3 rings (SSSR count). The molecule has 144 valence electrons. The average molecular weight is 380 g/mol. The van der Waals surface area contributed by atoms with Gasteiger partial charge in [-0.1, -0.05) is 6.92 Å². The van der Waals surface area contributed by atoms with Gasteiger partial charge in [0.2, 0.25) is 5.91 Å². The number of nitrogens with zero attached hydrogens (tertiary/aromatic N) is 2. The molecule has 7 heteroatoms. The molecule has 1 N–H and O–H groups in total. The summed E-state index contributed by atoms with van der Waals surface area (Å²) in [6, 6.07) is 7.92. The van der Waals surface area contributed by atoms with E-state index in [-0.39, 0.29) is 30.0 Å². The highest BCUT2D eigenvalue weighted by Gasteiger charge is 2.31. The lowest BCUT2D eigenvalue weighted by molar-refractivity contribution is -0.117. The highest BCUT2D eigenvalue weighted by Crippen LogP contribution is 2.24. The largest absolute Gasteiger partial charge is 0.372 e. The first kappa shape index (κ1) is 19.2. The van der Waals surface area contributed by atoms with Crippen molar-refractivity contribution in [3.63, 3.8) is 0 Å². The molecule has 2 aliphatic heterocycles. The van der Waals surface area contributed by atoms with Crippen molar-refractivity contribution in [3.8, 4) is 0 Å². The second-order valence-corrected chi connectivity index (χ2v) is 9.97. The van der Waals surface area contributed by atoms with Gasteiger partial charge in [0, 0.05) is 30.5 Å². The summed E-state index contributed by atoms with van der Waals surface area (Å²) in [5.41, 5.74) is 1.97. The summed E-state index contributed by atoms with van der Waals surface area (Å²) in [7, 11) is -1.12. The van der Waals surface area contributed by atoms with Gasteiger partial charge in [0.25, 0.3) is 0 Å². The Morgan fingerprint density at radius 3 is 2.42 bits per heavy atom. The first-order valence-electron chi connectivity index (χ1n) is 9.38. The quantitative estimate of drug-likeness (QED) is 0.847. The Labute approximate surface area is 156 Å². The molecule has 1 aromatic rings. The number of nitrogens with one attached hydrogen (secondary N) is 1. The third kappa shape index (κ3) is 4.98. The number of anilines is 2. The summed E-state index contributed by atoms with van der Waals surface area (Å²) in [4.78, 5) is 16.5. The number of piperidine rings is 1. The van der Waals surface area contributed by atoms with Crippen LogP contribution in [0, 0.1) is 5.92 Å². The van der Waals surface area contributed by atoms with Crippen molar-refractivity contribution in [2.45, 2.75) is 32.2 Å². The molecule has 0 radical (unpaired) electrons. The van der Waals surface area contributed by atoms with Gasteiger partial charge in [0.05, 0.1) is 18.1 Å². The van der Waals surface area contributed by atoms with Crippen LogP contribution in [-0.4, -0.2) is 63.5 Å². The predicted molar refractivity (Wildman–Crippen MR) is 105 cm³/mol. The minimum Gasteiger partial charge on any atom is -0.372 e. The summed E-state index contributed by atoms with van der Waals surface area (Å²) in [5.74, 6) is 1.06. The minimum atomic E-state index is -2.93. The van der Waals surface area contributed by atoms with E-state index in [1.165, 1.54) is 18.5 Å². The SMILES string of the molecule is CC1CCN(c2ccc(NC(=O)CN(C)C3CCS(=O)(=O)C3)cc2)CC1. The smallest absolute Gasteiger partial charge is 0.238 e. The number of sulfone groups is 1. The van der Waals surface area contributed by atoms with Crippen molar-refractivity contribution in [1.82, 2.24) is 4.90 Å². The second-order valence-electron chi connectivity index (χ2n) is 7.74. The lowest BCUT2D eigenvalue weighted by Gasteiger charge is -2.32. The number of likely N-dealkylation sites (N-methyl/N-ethyl adjacent to an activating group) is 1. The average Bonchev–Trinajstić information content (AvgIpc) is 2.96. The third-order valence-corrected chi connectivity index (χ3v) is 7.27. The molecule has 2 fully saturated rings. The summed E-state index contributed by atoms with van der Waals surface area (Å²) >= 11 is 0. The summed E-state index contributed by atoms with van der Waals surface area (Å²) < 4.78 is 23.1. The van der Waals surface area contributed by atoms with Crippen LogP contribution in [0.1, 0.15) is 26.2 Å². The van der Waals surface area contributed by atoms with Gasteiger partial charge >= 0.3 is 0 Å². The van der Waals surface area contributed by atoms with Crippen LogP contribution in [0.15, 0.2) is 24.3 Å². The van der Waals surface area contributed by atoms with Gasteiger partial charge in [-0.2, -0.15) is 0 Å². The van der Waals surface area contributed by atoms with Gasteiger partial charge in [-0.25, -0.2) is 8.42 Å². The number of carbonyl (C=O) groups excluding carboxylic acids is 1. The maximum absolute atomic E-state index is 12.3. The van der Waals surface area contributed by atoms with Gasteiger partial charge in [-0.05, 0) is 56.5 Å². The fraction of sp³-hybridized carbons (Fsp3) is 0.632. The molecule has 2 heterocycles. The maximum atomic E-state index is 12.3.